The zero-order valence-corrected chi connectivity index (χ0v) is 16.6. The number of anilines is 2. The Kier molecular flexibility index (Phi) is 5.16. The predicted molar refractivity (Wildman–Crippen MR) is 102 cm³/mol. The Morgan fingerprint density at radius 2 is 1.57 bits per heavy atom. The summed E-state index contributed by atoms with van der Waals surface area (Å²) in [6.07, 6.45) is 1.82. The van der Waals surface area contributed by atoms with Gasteiger partial charge in [0, 0.05) is 17.3 Å². The van der Waals surface area contributed by atoms with Gasteiger partial charge in [-0.1, -0.05) is 5.16 Å². The van der Waals surface area contributed by atoms with Crippen molar-refractivity contribution in [2.75, 3.05) is 4.90 Å². The number of rotatable bonds is 5. The molecular formula is C18H14F3N7OS. The van der Waals surface area contributed by atoms with Gasteiger partial charge in [0.1, 0.15) is 0 Å². The lowest BCUT2D eigenvalue weighted by Gasteiger charge is -2.22. The van der Waals surface area contributed by atoms with Crippen molar-refractivity contribution in [1.82, 2.24) is 30.1 Å². The minimum atomic E-state index is -4.68. The van der Waals surface area contributed by atoms with E-state index in [0.29, 0.717) is 23.1 Å². The normalized spacial score (nSPS) is 11.6. The fourth-order valence-corrected chi connectivity index (χ4v) is 3.54. The highest BCUT2D eigenvalue weighted by molar-refractivity contribution is 7.15. The lowest BCUT2D eigenvalue weighted by atomic mass is 10.3. The van der Waals surface area contributed by atoms with Gasteiger partial charge in [0.2, 0.25) is 5.82 Å². The van der Waals surface area contributed by atoms with Gasteiger partial charge in [0.25, 0.3) is 0 Å². The number of halogens is 3. The SMILES string of the molecule is Cc1cncc(N(Cc2ccc(-c3noc(C(F)(F)F)n3)s2)c2cncc(C)n2)n1. The second-order valence-corrected chi connectivity index (χ2v) is 7.48. The van der Waals surface area contributed by atoms with Crippen molar-refractivity contribution < 1.29 is 17.7 Å². The highest BCUT2D eigenvalue weighted by atomic mass is 32.1. The molecule has 30 heavy (non-hydrogen) atoms. The molecule has 0 fully saturated rings. The third-order valence-electron chi connectivity index (χ3n) is 3.90. The summed E-state index contributed by atoms with van der Waals surface area (Å²) in [6, 6.07) is 3.43. The van der Waals surface area contributed by atoms with E-state index in [1.165, 1.54) is 11.3 Å². The molecule has 0 aliphatic heterocycles. The Bertz CT molecular complexity index is 1130. The van der Waals surface area contributed by atoms with E-state index in [1.54, 1.807) is 36.9 Å². The topological polar surface area (TPSA) is 93.7 Å². The molecule has 0 amide bonds. The van der Waals surface area contributed by atoms with Crippen LogP contribution in [-0.4, -0.2) is 30.1 Å². The van der Waals surface area contributed by atoms with E-state index in [-0.39, 0.29) is 5.82 Å². The van der Waals surface area contributed by atoms with Gasteiger partial charge >= 0.3 is 12.1 Å². The van der Waals surface area contributed by atoms with Crippen molar-refractivity contribution in [2.24, 2.45) is 0 Å². The first-order valence-corrected chi connectivity index (χ1v) is 9.46. The van der Waals surface area contributed by atoms with Crippen LogP contribution in [0.15, 0.2) is 41.4 Å². The minimum absolute atomic E-state index is 0.115. The molecule has 0 aliphatic rings. The van der Waals surface area contributed by atoms with Gasteiger partial charge in [-0.2, -0.15) is 18.2 Å². The minimum Gasteiger partial charge on any atom is -0.329 e. The number of aryl methyl sites for hydroxylation is 2. The zero-order chi connectivity index (χ0) is 21.3. The molecule has 0 aliphatic carbocycles. The van der Waals surface area contributed by atoms with Crippen LogP contribution in [0.1, 0.15) is 22.2 Å². The number of hydrogen-bond acceptors (Lipinski definition) is 9. The van der Waals surface area contributed by atoms with Gasteiger partial charge in [-0.25, -0.2) is 9.97 Å². The standard InChI is InChI=1S/C18H14F3N7OS/c1-10-5-22-7-14(24-10)28(15-8-23-6-11(2)25-15)9-12-3-4-13(30-12)16-26-17(29-27-16)18(19,20)21/h3-8H,9H2,1-2H3. The van der Waals surface area contributed by atoms with Gasteiger partial charge in [0.05, 0.1) is 35.2 Å². The molecular weight excluding hydrogens is 419 g/mol. The number of aromatic nitrogens is 6. The summed E-state index contributed by atoms with van der Waals surface area (Å²) in [4.78, 5) is 23.9. The first-order valence-electron chi connectivity index (χ1n) is 8.64. The van der Waals surface area contributed by atoms with Gasteiger partial charge in [-0.15, -0.1) is 11.3 Å². The van der Waals surface area contributed by atoms with Crippen LogP contribution >= 0.6 is 11.3 Å². The highest BCUT2D eigenvalue weighted by Gasteiger charge is 2.38. The van der Waals surface area contributed by atoms with Crippen molar-refractivity contribution in [3.63, 3.8) is 0 Å². The molecule has 4 rings (SSSR count). The molecule has 4 heterocycles. The molecule has 0 unspecified atom stereocenters. The van der Waals surface area contributed by atoms with E-state index in [0.717, 1.165) is 16.3 Å². The molecule has 12 heteroatoms. The van der Waals surface area contributed by atoms with Gasteiger partial charge in [-0.3, -0.25) is 9.97 Å². The van der Waals surface area contributed by atoms with Crippen molar-refractivity contribution >= 4 is 23.0 Å². The van der Waals surface area contributed by atoms with Crippen LogP contribution in [0.5, 0.6) is 0 Å². The third-order valence-corrected chi connectivity index (χ3v) is 4.97. The quantitative estimate of drug-likeness (QED) is 0.459. The van der Waals surface area contributed by atoms with Crippen LogP contribution in [0.4, 0.5) is 24.8 Å². The molecule has 0 atom stereocenters. The molecule has 0 bridgehead atoms. The Morgan fingerprint density at radius 1 is 0.933 bits per heavy atom. The number of hydrogen-bond donors (Lipinski definition) is 0. The van der Waals surface area contributed by atoms with Crippen LogP contribution in [0.25, 0.3) is 10.7 Å². The first kappa shape index (κ1) is 19.9. The van der Waals surface area contributed by atoms with E-state index in [1.807, 2.05) is 18.7 Å². The van der Waals surface area contributed by atoms with Crippen LogP contribution in [0.2, 0.25) is 0 Å². The van der Waals surface area contributed by atoms with Gasteiger partial charge in [0.15, 0.2) is 11.6 Å². The van der Waals surface area contributed by atoms with Crippen LogP contribution in [0, 0.1) is 13.8 Å². The molecule has 8 nitrogen and oxygen atoms in total. The van der Waals surface area contributed by atoms with Crippen molar-refractivity contribution in [1.29, 1.82) is 0 Å². The number of thiophene rings is 1. The van der Waals surface area contributed by atoms with Crippen molar-refractivity contribution in [3.05, 3.63) is 59.1 Å². The van der Waals surface area contributed by atoms with E-state index < -0.39 is 12.1 Å². The average molecular weight is 433 g/mol. The van der Waals surface area contributed by atoms with Crippen molar-refractivity contribution in [2.45, 2.75) is 26.6 Å². The van der Waals surface area contributed by atoms with Crippen LogP contribution in [-0.2, 0) is 12.7 Å². The fraction of sp³-hybridized carbons (Fsp3) is 0.222. The summed E-state index contributed by atoms with van der Waals surface area (Å²) in [5.74, 6) is -0.345. The predicted octanol–water partition coefficient (Wildman–Crippen LogP) is 4.35. The molecule has 0 aromatic carbocycles. The molecule has 154 valence electrons. The molecule has 4 aromatic rings. The Balaban J connectivity index is 1.65. The smallest absolute Gasteiger partial charge is 0.329 e. The maximum Gasteiger partial charge on any atom is 0.471 e. The summed E-state index contributed by atoms with van der Waals surface area (Å²) in [5, 5.41) is 3.43. The first-order chi connectivity index (χ1) is 14.3. The number of alkyl halides is 3. The molecule has 0 saturated carbocycles. The molecule has 0 N–H and O–H groups in total. The second kappa shape index (κ2) is 7.78. The Labute approximate surface area is 172 Å². The molecule has 0 spiro atoms. The average Bonchev–Trinajstić information content (AvgIpc) is 3.35. The summed E-state index contributed by atoms with van der Waals surface area (Å²) in [7, 11) is 0. The summed E-state index contributed by atoms with van der Waals surface area (Å²) < 4.78 is 42.4. The summed E-state index contributed by atoms with van der Waals surface area (Å²) in [6.45, 7) is 4.01. The summed E-state index contributed by atoms with van der Waals surface area (Å²) in [5.41, 5.74) is 1.47. The largest absolute Gasteiger partial charge is 0.471 e. The van der Waals surface area contributed by atoms with Crippen LogP contribution in [0.3, 0.4) is 0 Å². The molecule has 0 radical (unpaired) electrons. The van der Waals surface area contributed by atoms with Gasteiger partial charge in [-0.05, 0) is 26.0 Å². The van der Waals surface area contributed by atoms with E-state index in [9.17, 15) is 13.2 Å². The van der Waals surface area contributed by atoms with Gasteiger partial charge < -0.3 is 9.42 Å². The monoisotopic (exact) mass is 433 g/mol. The zero-order valence-electron chi connectivity index (χ0n) is 15.8. The highest BCUT2D eigenvalue weighted by Crippen LogP contribution is 2.33. The Morgan fingerprint density at radius 3 is 2.10 bits per heavy atom. The number of nitrogens with zero attached hydrogens (tertiary/aromatic N) is 7. The van der Waals surface area contributed by atoms with Crippen molar-refractivity contribution in [3.8, 4) is 10.7 Å². The fourth-order valence-electron chi connectivity index (χ4n) is 2.62. The summed E-state index contributed by atoms with van der Waals surface area (Å²) >= 11 is 1.25. The van der Waals surface area contributed by atoms with Crippen LogP contribution < -0.4 is 4.90 Å². The lowest BCUT2D eigenvalue weighted by molar-refractivity contribution is -0.159. The third kappa shape index (κ3) is 4.27. The maximum absolute atomic E-state index is 12.7. The lowest BCUT2D eigenvalue weighted by Crippen LogP contribution is -2.19. The van der Waals surface area contributed by atoms with E-state index >= 15 is 0 Å². The molecule has 0 saturated heterocycles. The van der Waals surface area contributed by atoms with E-state index in [4.69, 9.17) is 0 Å². The second-order valence-electron chi connectivity index (χ2n) is 6.31. The maximum atomic E-state index is 12.7. The Hall–Kier alpha value is -3.41. The molecule has 4 aromatic heterocycles. The van der Waals surface area contributed by atoms with E-state index in [2.05, 4.69) is 34.6 Å².